The minimum absolute atomic E-state index is 0.109. The molecule has 112 valence electrons. The largest absolute Gasteiger partial charge is 0.338 e. The third-order valence-electron chi connectivity index (χ3n) is 3.60. The Bertz CT molecular complexity index is 621. The molecule has 1 unspecified atom stereocenters. The lowest BCUT2D eigenvalue weighted by Crippen LogP contribution is -2.39. The fourth-order valence-corrected chi connectivity index (χ4v) is 2.04. The monoisotopic (exact) mass is 287 g/mol. The molecule has 0 fully saturated rings. The van der Waals surface area contributed by atoms with E-state index in [-0.39, 0.29) is 11.9 Å². The molecule has 0 aliphatic carbocycles. The van der Waals surface area contributed by atoms with E-state index in [9.17, 15) is 4.79 Å². The Kier molecular flexibility index (Phi) is 4.75. The summed E-state index contributed by atoms with van der Waals surface area (Å²) in [4.78, 5) is 14.2. The summed E-state index contributed by atoms with van der Waals surface area (Å²) in [5.74, 6) is 0.274. The van der Waals surface area contributed by atoms with Crippen LogP contribution < -0.4 is 5.32 Å². The van der Waals surface area contributed by atoms with Crippen molar-refractivity contribution in [3.63, 3.8) is 0 Å². The van der Waals surface area contributed by atoms with Gasteiger partial charge in [-0.3, -0.25) is 15.0 Å². The fraction of sp³-hybridized carbons (Fsp3) is 0.375. The average Bonchev–Trinajstić information content (AvgIpc) is 2.85. The highest BCUT2D eigenvalue weighted by Gasteiger charge is 2.19. The summed E-state index contributed by atoms with van der Waals surface area (Å²) in [6, 6.07) is 9.61. The average molecular weight is 287 g/mol. The second-order valence-electron chi connectivity index (χ2n) is 5.34. The summed E-state index contributed by atoms with van der Waals surface area (Å²) < 4.78 is 5.00. The number of hydrogen-bond acceptors (Lipinski definition) is 4. The summed E-state index contributed by atoms with van der Waals surface area (Å²) >= 11 is 0. The highest BCUT2D eigenvalue weighted by atomic mass is 16.5. The molecule has 0 bridgehead atoms. The van der Waals surface area contributed by atoms with Gasteiger partial charge in [0.2, 0.25) is 11.8 Å². The topological polar surface area (TPSA) is 58.4 Å². The molecule has 21 heavy (non-hydrogen) atoms. The number of carbonyl (C=O) groups excluding carboxylic acids is 1. The van der Waals surface area contributed by atoms with Crippen molar-refractivity contribution in [2.45, 2.75) is 33.4 Å². The van der Waals surface area contributed by atoms with Gasteiger partial charge in [0, 0.05) is 12.6 Å². The molecule has 2 aromatic rings. The Balaban J connectivity index is 1.97. The first kappa shape index (κ1) is 15.3. The van der Waals surface area contributed by atoms with Crippen LogP contribution in [0.3, 0.4) is 0 Å². The van der Waals surface area contributed by atoms with Crippen molar-refractivity contribution in [2.24, 2.45) is 0 Å². The Morgan fingerprint density at radius 3 is 2.71 bits per heavy atom. The molecule has 1 aromatic heterocycles. The maximum atomic E-state index is 12.2. The SMILES string of the molecule is Cc1cc(NC(=O)C(C)N(C)Cc2ccccc2C)on1. The van der Waals surface area contributed by atoms with Gasteiger partial charge in [-0.25, -0.2) is 0 Å². The Morgan fingerprint density at radius 2 is 2.10 bits per heavy atom. The molecule has 0 spiro atoms. The van der Waals surface area contributed by atoms with E-state index in [1.54, 1.807) is 6.07 Å². The van der Waals surface area contributed by atoms with Crippen molar-refractivity contribution in [3.05, 3.63) is 47.2 Å². The van der Waals surface area contributed by atoms with Gasteiger partial charge >= 0.3 is 0 Å². The van der Waals surface area contributed by atoms with E-state index in [1.807, 2.05) is 37.9 Å². The van der Waals surface area contributed by atoms with Crippen molar-refractivity contribution in [2.75, 3.05) is 12.4 Å². The quantitative estimate of drug-likeness (QED) is 0.918. The number of aryl methyl sites for hydroxylation is 2. The van der Waals surface area contributed by atoms with Crippen LogP contribution in [0.2, 0.25) is 0 Å². The van der Waals surface area contributed by atoms with Crippen molar-refractivity contribution >= 4 is 11.8 Å². The van der Waals surface area contributed by atoms with Crippen LogP contribution >= 0.6 is 0 Å². The number of hydrogen-bond donors (Lipinski definition) is 1. The number of nitrogens with one attached hydrogen (secondary N) is 1. The number of nitrogens with zero attached hydrogens (tertiary/aromatic N) is 2. The van der Waals surface area contributed by atoms with Gasteiger partial charge < -0.3 is 4.52 Å². The lowest BCUT2D eigenvalue weighted by Gasteiger charge is -2.24. The van der Waals surface area contributed by atoms with Crippen LogP contribution in [-0.4, -0.2) is 29.1 Å². The molecule has 1 atom stereocenters. The van der Waals surface area contributed by atoms with Crippen LogP contribution in [0.4, 0.5) is 5.88 Å². The van der Waals surface area contributed by atoms with Crippen molar-refractivity contribution in [1.29, 1.82) is 0 Å². The fourth-order valence-electron chi connectivity index (χ4n) is 2.04. The number of rotatable bonds is 5. The Hall–Kier alpha value is -2.14. The van der Waals surface area contributed by atoms with E-state index < -0.39 is 0 Å². The van der Waals surface area contributed by atoms with E-state index in [1.165, 1.54) is 11.1 Å². The van der Waals surface area contributed by atoms with Crippen LogP contribution in [0.25, 0.3) is 0 Å². The third-order valence-corrected chi connectivity index (χ3v) is 3.60. The molecule has 0 aliphatic heterocycles. The van der Waals surface area contributed by atoms with Gasteiger partial charge in [0.05, 0.1) is 11.7 Å². The molecule has 1 aromatic carbocycles. The number of benzene rings is 1. The van der Waals surface area contributed by atoms with Crippen molar-refractivity contribution in [3.8, 4) is 0 Å². The number of anilines is 1. The summed E-state index contributed by atoms with van der Waals surface area (Å²) in [7, 11) is 1.93. The second kappa shape index (κ2) is 6.54. The van der Waals surface area contributed by atoms with Crippen LogP contribution in [0.1, 0.15) is 23.7 Å². The van der Waals surface area contributed by atoms with Gasteiger partial charge in [-0.05, 0) is 38.9 Å². The van der Waals surface area contributed by atoms with Gasteiger partial charge in [0.15, 0.2) is 0 Å². The zero-order valence-electron chi connectivity index (χ0n) is 12.9. The van der Waals surface area contributed by atoms with E-state index >= 15 is 0 Å². The minimum Gasteiger partial charge on any atom is -0.338 e. The molecule has 1 amide bonds. The highest BCUT2D eigenvalue weighted by molar-refractivity contribution is 5.93. The molecule has 0 aliphatic rings. The van der Waals surface area contributed by atoms with Crippen molar-refractivity contribution < 1.29 is 9.32 Å². The molecule has 0 saturated heterocycles. The molecule has 0 saturated carbocycles. The second-order valence-corrected chi connectivity index (χ2v) is 5.34. The number of likely N-dealkylation sites (N-methyl/N-ethyl adjacent to an activating group) is 1. The van der Waals surface area contributed by atoms with Crippen LogP contribution in [-0.2, 0) is 11.3 Å². The minimum atomic E-state index is -0.269. The summed E-state index contributed by atoms with van der Waals surface area (Å²) in [6.07, 6.45) is 0. The third kappa shape index (κ3) is 3.92. The van der Waals surface area contributed by atoms with Gasteiger partial charge in [-0.2, -0.15) is 0 Å². The van der Waals surface area contributed by atoms with Gasteiger partial charge in [-0.1, -0.05) is 29.4 Å². The first-order chi connectivity index (χ1) is 9.97. The number of amides is 1. The first-order valence-electron chi connectivity index (χ1n) is 6.96. The molecule has 5 nitrogen and oxygen atoms in total. The van der Waals surface area contributed by atoms with Crippen LogP contribution in [0.5, 0.6) is 0 Å². The van der Waals surface area contributed by atoms with Crippen LogP contribution in [0, 0.1) is 13.8 Å². The highest BCUT2D eigenvalue weighted by Crippen LogP contribution is 2.13. The predicted molar refractivity (Wildman–Crippen MR) is 82.0 cm³/mol. The molecular formula is C16H21N3O2. The van der Waals surface area contributed by atoms with Crippen molar-refractivity contribution in [1.82, 2.24) is 10.1 Å². The van der Waals surface area contributed by atoms with Gasteiger partial charge in [0.25, 0.3) is 0 Å². The lowest BCUT2D eigenvalue weighted by molar-refractivity contribution is -0.120. The zero-order valence-corrected chi connectivity index (χ0v) is 12.9. The van der Waals surface area contributed by atoms with Gasteiger partial charge in [-0.15, -0.1) is 0 Å². The molecule has 5 heteroatoms. The summed E-state index contributed by atoms with van der Waals surface area (Å²) in [5, 5.41) is 6.48. The molecule has 0 radical (unpaired) electrons. The smallest absolute Gasteiger partial charge is 0.243 e. The van der Waals surface area contributed by atoms with E-state index in [4.69, 9.17) is 4.52 Å². The van der Waals surface area contributed by atoms with Gasteiger partial charge in [0.1, 0.15) is 0 Å². The molecular weight excluding hydrogens is 266 g/mol. The van der Waals surface area contributed by atoms with E-state index in [2.05, 4.69) is 29.5 Å². The first-order valence-corrected chi connectivity index (χ1v) is 6.96. The maximum absolute atomic E-state index is 12.2. The normalized spacial score (nSPS) is 12.4. The van der Waals surface area contributed by atoms with Crippen LogP contribution in [0.15, 0.2) is 34.9 Å². The molecule has 1 heterocycles. The zero-order chi connectivity index (χ0) is 15.4. The molecule has 2 rings (SSSR count). The van der Waals surface area contributed by atoms with E-state index in [0.717, 1.165) is 12.2 Å². The maximum Gasteiger partial charge on any atom is 0.243 e. The standard InChI is InChI=1S/C16H21N3O2/c1-11-7-5-6-8-14(11)10-19(4)13(3)16(20)17-15-9-12(2)18-21-15/h5-9,13H,10H2,1-4H3,(H,17,20). The Labute approximate surface area is 124 Å². The molecule has 1 N–H and O–H groups in total. The lowest BCUT2D eigenvalue weighted by atomic mass is 10.1. The summed E-state index contributed by atoms with van der Waals surface area (Å²) in [6.45, 7) is 6.48. The number of aromatic nitrogens is 1. The summed E-state index contributed by atoms with van der Waals surface area (Å²) in [5.41, 5.74) is 3.18. The Morgan fingerprint density at radius 1 is 1.38 bits per heavy atom. The number of carbonyl (C=O) groups is 1. The predicted octanol–water partition coefficient (Wildman–Crippen LogP) is 2.75. The van der Waals surface area contributed by atoms with E-state index in [0.29, 0.717) is 5.88 Å².